The highest BCUT2D eigenvalue weighted by molar-refractivity contribution is 9.10. The lowest BCUT2D eigenvalue weighted by Gasteiger charge is -2.13. The summed E-state index contributed by atoms with van der Waals surface area (Å²) in [6.45, 7) is 0. The molecule has 88 valence electrons. The van der Waals surface area contributed by atoms with Crippen molar-refractivity contribution in [3.05, 3.63) is 46.4 Å². The van der Waals surface area contributed by atoms with Crippen LogP contribution in [0.2, 0.25) is 0 Å². The standard InChI is InChI=1S/C13H12BrNO2/c14-13-9-4-2-1-3-8(9)5-6-10(13)11(15)7-12(16)17/h1-6,11H,7,15H2,(H,16,17). The number of hydrogen-bond acceptors (Lipinski definition) is 2. The molecule has 0 radical (unpaired) electrons. The number of nitrogens with two attached hydrogens (primary N) is 1. The van der Waals surface area contributed by atoms with Gasteiger partial charge < -0.3 is 10.8 Å². The second kappa shape index (κ2) is 4.85. The molecule has 1 atom stereocenters. The molecule has 3 nitrogen and oxygen atoms in total. The Labute approximate surface area is 107 Å². The molecular weight excluding hydrogens is 282 g/mol. The van der Waals surface area contributed by atoms with E-state index in [1.54, 1.807) is 0 Å². The molecule has 1 unspecified atom stereocenters. The number of halogens is 1. The summed E-state index contributed by atoms with van der Waals surface area (Å²) in [6, 6.07) is 11.2. The molecule has 0 aliphatic heterocycles. The van der Waals surface area contributed by atoms with Crippen molar-refractivity contribution in [2.45, 2.75) is 12.5 Å². The van der Waals surface area contributed by atoms with Crippen molar-refractivity contribution in [3.63, 3.8) is 0 Å². The summed E-state index contributed by atoms with van der Waals surface area (Å²) in [6.07, 6.45) is -0.0725. The van der Waals surface area contributed by atoms with Crippen LogP contribution in [0, 0.1) is 0 Å². The normalized spacial score (nSPS) is 12.6. The maximum atomic E-state index is 10.7. The topological polar surface area (TPSA) is 63.3 Å². The van der Waals surface area contributed by atoms with Crippen LogP contribution in [-0.2, 0) is 4.79 Å². The highest BCUT2D eigenvalue weighted by atomic mass is 79.9. The monoisotopic (exact) mass is 293 g/mol. The number of benzene rings is 2. The molecule has 4 heteroatoms. The number of carboxylic acids is 1. The van der Waals surface area contributed by atoms with Crippen molar-refractivity contribution >= 4 is 32.7 Å². The molecule has 2 aromatic rings. The van der Waals surface area contributed by atoms with E-state index in [2.05, 4.69) is 15.9 Å². The lowest BCUT2D eigenvalue weighted by molar-refractivity contribution is -0.137. The molecule has 0 saturated heterocycles. The Bertz CT molecular complexity index is 568. The maximum absolute atomic E-state index is 10.7. The van der Waals surface area contributed by atoms with Gasteiger partial charge in [0.05, 0.1) is 6.42 Å². The average Bonchev–Trinajstić information content (AvgIpc) is 2.28. The van der Waals surface area contributed by atoms with Crippen LogP contribution in [0.25, 0.3) is 10.8 Å². The maximum Gasteiger partial charge on any atom is 0.305 e. The zero-order chi connectivity index (χ0) is 12.4. The van der Waals surface area contributed by atoms with E-state index in [9.17, 15) is 4.79 Å². The number of aliphatic carboxylic acids is 1. The van der Waals surface area contributed by atoms with Crippen LogP contribution in [0.15, 0.2) is 40.9 Å². The summed E-state index contributed by atoms with van der Waals surface area (Å²) < 4.78 is 0.879. The molecule has 0 aromatic heterocycles. The summed E-state index contributed by atoms with van der Waals surface area (Å²) >= 11 is 3.50. The van der Waals surface area contributed by atoms with Crippen LogP contribution in [0.3, 0.4) is 0 Å². The highest BCUT2D eigenvalue weighted by Crippen LogP contribution is 2.31. The minimum Gasteiger partial charge on any atom is -0.481 e. The molecule has 0 bridgehead atoms. The predicted octanol–water partition coefficient (Wildman–Crippen LogP) is 3.08. The zero-order valence-electron chi connectivity index (χ0n) is 9.06. The van der Waals surface area contributed by atoms with Crippen LogP contribution in [0.5, 0.6) is 0 Å². The third kappa shape index (κ3) is 2.48. The van der Waals surface area contributed by atoms with Crippen molar-refractivity contribution < 1.29 is 9.90 Å². The fraction of sp³-hybridized carbons (Fsp3) is 0.154. The Hall–Kier alpha value is -1.39. The van der Waals surface area contributed by atoms with E-state index in [4.69, 9.17) is 10.8 Å². The van der Waals surface area contributed by atoms with E-state index >= 15 is 0 Å². The SMILES string of the molecule is NC(CC(=O)O)c1ccc2ccccc2c1Br. The third-order valence-corrected chi connectivity index (χ3v) is 3.57. The minimum atomic E-state index is -0.891. The Balaban J connectivity index is 2.48. The Morgan fingerprint density at radius 2 is 2.00 bits per heavy atom. The molecule has 0 spiro atoms. The lowest BCUT2D eigenvalue weighted by Crippen LogP contribution is -2.15. The lowest BCUT2D eigenvalue weighted by atomic mass is 10.0. The van der Waals surface area contributed by atoms with Crippen LogP contribution < -0.4 is 5.73 Å². The van der Waals surface area contributed by atoms with E-state index in [1.807, 2.05) is 36.4 Å². The highest BCUT2D eigenvalue weighted by Gasteiger charge is 2.14. The number of fused-ring (bicyclic) bond motifs is 1. The van der Waals surface area contributed by atoms with Crippen LogP contribution in [0.1, 0.15) is 18.0 Å². The second-order valence-electron chi connectivity index (χ2n) is 3.89. The van der Waals surface area contributed by atoms with Crippen molar-refractivity contribution in [1.82, 2.24) is 0 Å². The molecule has 0 saturated carbocycles. The number of carboxylic acid groups (broad SMARTS) is 1. The van der Waals surface area contributed by atoms with Gasteiger partial charge in [0.15, 0.2) is 0 Å². The van der Waals surface area contributed by atoms with Gasteiger partial charge in [0.1, 0.15) is 0 Å². The second-order valence-corrected chi connectivity index (χ2v) is 4.69. The molecule has 2 rings (SSSR count). The van der Waals surface area contributed by atoms with Gasteiger partial charge >= 0.3 is 5.97 Å². The third-order valence-electron chi connectivity index (χ3n) is 2.69. The summed E-state index contributed by atoms with van der Waals surface area (Å²) in [7, 11) is 0. The molecule has 3 N–H and O–H groups in total. The molecule has 0 fully saturated rings. The van der Waals surface area contributed by atoms with E-state index in [0.29, 0.717) is 0 Å². The quantitative estimate of drug-likeness (QED) is 0.914. The van der Waals surface area contributed by atoms with Gasteiger partial charge in [-0.2, -0.15) is 0 Å². The minimum absolute atomic E-state index is 0.0725. The van der Waals surface area contributed by atoms with Crippen LogP contribution in [-0.4, -0.2) is 11.1 Å². The fourth-order valence-electron chi connectivity index (χ4n) is 1.83. The van der Waals surface area contributed by atoms with Gasteiger partial charge in [-0.1, -0.05) is 36.4 Å². The van der Waals surface area contributed by atoms with Gasteiger partial charge in [0, 0.05) is 10.5 Å². The van der Waals surface area contributed by atoms with E-state index in [1.165, 1.54) is 0 Å². The van der Waals surface area contributed by atoms with Crippen molar-refractivity contribution in [3.8, 4) is 0 Å². The van der Waals surface area contributed by atoms with Gasteiger partial charge in [-0.15, -0.1) is 0 Å². The first-order valence-corrected chi connectivity index (χ1v) is 6.03. The van der Waals surface area contributed by atoms with Crippen molar-refractivity contribution in [2.75, 3.05) is 0 Å². The summed E-state index contributed by atoms with van der Waals surface area (Å²) in [5.41, 5.74) is 6.70. The molecule has 2 aromatic carbocycles. The van der Waals surface area contributed by atoms with Gasteiger partial charge in [0.25, 0.3) is 0 Å². The van der Waals surface area contributed by atoms with Gasteiger partial charge in [-0.25, -0.2) is 0 Å². The Morgan fingerprint density at radius 3 is 2.71 bits per heavy atom. The van der Waals surface area contributed by atoms with Crippen molar-refractivity contribution in [1.29, 1.82) is 0 Å². The summed E-state index contributed by atoms with van der Waals surface area (Å²) in [5.74, 6) is -0.891. The largest absolute Gasteiger partial charge is 0.481 e. The van der Waals surface area contributed by atoms with Gasteiger partial charge in [-0.3, -0.25) is 4.79 Å². The molecule has 0 aliphatic rings. The first-order chi connectivity index (χ1) is 8.09. The van der Waals surface area contributed by atoms with E-state index in [0.717, 1.165) is 20.8 Å². The summed E-state index contributed by atoms with van der Waals surface area (Å²) in [5, 5.41) is 10.9. The van der Waals surface area contributed by atoms with Crippen LogP contribution >= 0.6 is 15.9 Å². The smallest absolute Gasteiger partial charge is 0.305 e. The molecular formula is C13H12BrNO2. The fourth-order valence-corrected chi connectivity index (χ4v) is 2.62. The molecule has 0 aliphatic carbocycles. The summed E-state index contributed by atoms with van der Waals surface area (Å²) in [4.78, 5) is 10.7. The molecule has 17 heavy (non-hydrogen) atoms. The molecule has 0 amide bonds. The number of rotatable bonds is 3. The Morgan fingerprint density at radius 1 is 1.29 bits per heavy atom. The number of carbonyl (C=O) groups is 1. The van der Waals surface area contributed by atoms with E-state index in [-0.39, 0.29) is 6.42 Å². The van der Waals surface area contributed by atoms with Gasteiger partial charge in [-0.05, 0) is 32.3 Å². The first-order valence-electron chi connectivity index (χ1n) is 5.24. The zero-order valence-corrected chi connectivity index (χ0v) is 10.6. The predicted molar refractivity (Wildman–Crippen MR) is 70.8 cm³/mol. The van der Waals surface area contributed by atoms with E-state index < -0.39 is 12.0 Å². The first kappa shape index (κ1) is 12.1. The van der Waals surface area contributed by atoms with Crippen molar-refractivity contribution in [2.24, 2.45) is 5.73 Å². The Kier molecular flexibility index (Phi) is 3.45. The number of hydrogen-bond donors (Lipinski definition) is 2. The molecule has 0 heterocycles. The van der Waals surface area contributed by atoms with Crippen LogP contribution in [0.4, 0.5) is 0 Å². The van der Waals surface area contributed by atoms with Gasteiger partial charge in [0.2, 0.25) is 0 Å². The average molecular weight is 294 g/mol.